The molecule has 4 nitrogen and oxygen atoms in total. The first-order valence-electron chi connectivity index (χ1n) is 9.42. The lowest BCUT2D eigenvalue weighted by molar-refractivity contribution is -0.0213. The first-order chi connectivity index (χ1) is 12.5. The van der Waals surface area contributed by atoms with Gasteiger partial charge in [0, 0.05) is 13.1 Å². The predicted molar refractivity (Wildman–Crippen MR) is 103 cm³/mol. The molecule has 1 saturated heterocycles. The average Bonchev–Trinajstić information content (AvgIpc) is 2.67. The summed E-state index contributed by atoms with van der Waals surface area (Å²) in [5.41, 5.74) is 3.60. The van der Waals surface area contributed by atoms with Crippen LogP contribution >= 0.6 is 0 Å². The lowest BCUT2D eigenvalue weighted by Gasteiger charge is -2.37. The summed E-state index contributed by atoms with van der Waals surface area (Å²) < 4.78 is 0. The summed E-state index contributed by atoms with van der Waals surface area (Å²) in [4.78, 5) is 12.4. The third-order valence-electron chi connectivity index (χ3n) is 5.39. The van der Waals surface area contributed by atoms with E-state index in [2.05, 4.69) is 31.2 Å². The summed E-state index contributed by atoms with van der Waals surface area (Å²) in [7, 11) is 0. The van der Waals surface area contributed by atoms with E-state index in [0.717, 1.165) is 17.5 Å². The van der Waals surface area contributed by atoms with E-state index >= 15 is 0 Å². The third kappa shape index (κ3) is 4.07. The van der Waals surface area contributed by atoms with Crippen LogP contribution in [0.25, 0.3) is 11.1 Å². The summed E-state index contributed by atoms with van der Waals surface area (Å²) in [5.74, 6) is 0. The van der Waals surface area contributed by atoms with E-state index in [-0.39, 0.29) is 0 Å². The summed E-state index contributed by atoms with van der Waals surface area (Å²) in [6.45, 7) is 2.94. The number of unbranched alkanes of at least 4 members (excludes halogenated alkanes) is 1. The second-order valence-corrected chi connectivity index (χ2v) is 7.18. The van der Waals surface area contributed by atoms with Crippen molar-refractivity contribution in [2.75, 3.05) is 13.1 Å². The molecule has 1 amide bonds. The maximum atomic E-state index is 11.0. The van der Waals surface area contributed by atoms with E-state index in [4.69, 9.17) is 5.11 Å². The van der Waals surface area contributed by atoms with Gasteiger partial charge in [0.2, 0.25) is 0 Å². The molecule has 0 aliphatic carbocycles. The van der Waals surface area contributed by atoms with Crippen LogP contribution in [0.3, 0.4) is 0 Å². The Bertz CT molecular complexity index is 729. The molecule has 138 valence electrons. The molecule has 26 heavy (non-hydrogen) atoms. The number of aryl methyl sites for hydroxylation is 1. The molecular formula is C22H27NO3. The largest absolute Gasteiger partial charge is 0.465 e. The van der Waals surface area contributed by atoms with Gasteiger partial charge in [0.15, 0.2) is 0 Å². The molecule has 4 heteroatoms. The van der Waals surface area contributed by atoms with Crippen molar-refractivity contribution >= 4 is 6.09 Å². The van der Waals surface area contributed by atoms with Crippen LogP contribution in [0, 0.1) is 0 Å². The van der Waals surface area contributed by atoms with Gasteiger partial charge in [-0.1, -0.05) is 61.9 Å². The first-order valence-corrected chi connectivity index (χ1v) is 9.42. The quantitative estimate of drug-likeness (QED) is 0.822. The van der Waals surface area contributed by atoms with Gasteiger partial charge < -0.3 is 15.1 Å². The van der Waals surface area contributed by atoms with Gasteiger partial charge in [-0.05, 0) is 47.9 Å². The highest BCUT2D eigenvalue weighted by Crippen LogP contribution is 2.34. The maximum absolute atomic E-state index is 11.0. The lowest BCUT2D eigenvalue weighted by Crippen LogP contribution is -2.44. The molecule has 0 atom stereocenters. The van der Waals surface area contributed by atoms with Crippen molar-refractivity contribution in [3.05, 3.63) is 59.7 Å². The highest BCUT2D eigenvalue weighted by atomic mass is 16.4. The minimum absolute atomic E-state index is 0.368. The van der Waals surface area contributed by atoms with E-state index in [9.17, 15) is 9.90 Å². The van der Waals surface area contributed by atoms with Gasteiger partial charge in [0.1, 0.15) is 0 Å². The van der Waals surface area contributed by atoms with E-state index in [1.165, 1.54) is 28.9 Å². The lowest BCUT2D eigenvalue weighted by atomic mass is 9.84. The van der Waals surface area contributed by atoms with Gasteiger partial charge in [-0.25, -0.2) is 4.79 Å². The van der Waals surface area contributed by atoms with Crippen LogP contribution in [-0.2, 0) is 12.0 Å². The highest BCUT2D eigenvalue weighted by Gasteiger charge is 2.35. The molecule has 0 aromatic heterocycles. The predicted octanol–water partition coefficient (Wildman–Crippen LogP) is 4.66. The van der Waals surface area contributed by atoms with Crippen LogP contribution in [-0.4, -0.2) is 34.3 Å². The summed E-state index contributed by atoms with van der Waals surface area (Å²) in [6, 6.07) is 16.7. The molecule has 0 spiro atoms. The second kappa shape index (κ2) is 7.92. The zero-order chi connectivity index (χ0) is 18.6. The number of rotatable bonds is 5. The number of nitrogens with zero attached hydrogens (tertiary/aromatic N) is 1. The van der Waals surface area contributed by atoms with E-state index in [0.29, 0.717) is 25.9 Å². The van der Waals surface area contributed by atoms with Gasteiger partial charge in [0.05, 0.1) is 5.60 Å². The van der Waals surface area contributed by atoms with Crippen LogP contribution in [0.1, 0.15) is 43.7 Å². The maximum Gasteiger partial charge on any atom is 0.407 e. The van der Waals surface area contributed by atoms with Crippen molar-refractivity contribution < 1.29 is 15.0 Å². The van der Waals surface area contributed by atoms with Gasteiger partial charge in [-0.15, -0.1) is 0 Å². The number of piperidine rings is 1. The third-order valence-corrected chi connectivity index (χ3v) is 5.39. The molecule has 2 aromatic rings. The number of carboxylic acid groups (broad SMARTS) is 1. The van der Waals surface area contributed by atoms with Crippen LogP contribution in [0.5, 0.6) is 0 Å². The summed E-state index contributed by atoms with van der Waals surface area (Å²) in [5, 5.41) is 20.0. The number of benzene rings is 2. The van der Waals surface area contributed by atoms with E-state index in [1.54, 1.807) is 0 Å². The van der Waals surface area contributed by atoms with E-state index < -0.39 is 11.7 Å². The molecule has 0 radical (unpaired) electrons. The number of hydrogen-bond donors (Lipinski definition) is 2. The standard InChI is InChI=1S/C22H27NO3/c1-2-3-4-17-5-7-18(8-6-17)19-9-11-20(12-10-19)22(26)13-15-23(16-14-22)21(24)25/h5-12,26H,2-4,13-16H2,1H3,(H,24,25). The molecule has 2 aromatic carbocycles. The van der Waals surface area contributed by atoms with E-state index in [1.807, 2.05) is 24.3 Å². The SMILES string of the molecule is CCCCc1ccc(-c2ccc(C3(O)CCN(C(=O)O)CC3)cc2)cc1. The van der Waals surface area contributed by atoms with Gasteiger partial charge in [-0.2, -0.15) is 0 Å². The van der Waals surface area contributed by atoms with Crippen molar-refractivity contribution in [1.29, 1.82) is 0 Å². The Labute approximate surface area is 155 Å². The Morgan fingerprint density at radius 3 is 2.04 bits per heavy atom. The van der Waals surface area contributed by atoms with Crippen LogP contribution in [0.2, 0.25) is 0 Å². The van der Waals surface area contributed by atoms with Crippen molar-refractivity contribution in [3.63, 3.8) is 0 Å². The molecule has 0 saturated carbocycles. The molecule has 1 heterocycles. The fourth-order valence-corrected chi connectivity index (χ4v) is 3.57. The van der Waals surface area contributed by atoms with Gasteiger partial charge in [-0.3, -0.25) is 0 Å². The smallest absolute Gasteiger partial charge is 0.407 e. The molecule has 0 unspecified atom stereocenters. The van der Waals surface area contributed by atoms with Crippen molar-refractivity contribution in [2.45, 2.75) is 44.6 Å². The monoisotopic (exact) mass is 353 g/mol. The number of amides is 1. The van der Waals surface area contributed by atoms with Crippen molar-refractivity contribution in [1.82, 2.24) is 4.90 Å². The summed E-state index contributed by atoms with van der Waals surface area (Å²) >= 11 is 0. The zero-order valence-electron chi connectivity index (χ0n) is 15.3. The zero-order valence-corrected chi connectivity index (χ0v) is 15.3. The van der Waals surface area contributed by atoms with Gasteiger partial charge >= 0.3 is 6.09 Å². The molecular weight excluding hydrogens is 326 g/mol. The van der Waals surface area contributed by atoms with Gasteiger partial charge in [0.25, 0.3) is 0 Å². The molecule has 1 aliphatic rings. The Morgan fingerprint density at radius 1 is 1.00 bits per heavy atom. The number of carbonyl (C=O) groups is 1. The normalized spacial score (nSPS) is 16.5. The first kappa shape index (κ1) is 18.5. The minimum atomic E-state index is -0.936. The summed E-state index contributed by atoms with van der Waals surface area (Å²) in [6.07, 6.45) is 3.50. The number of aliphatic hydroxyl groups is 1. The fraction of sp³-hybridized carbons (Fsp3) is 0.409. The fourth-order valence-electron chi connectivity index (χ4n) is 3.57. The average molecular weight is 353 g/mol. The Balaban J connectivity index is 1.69. The number of likely N-dealkylation sites (tertiary alicyclic amines) is 1. The Hall–Kier alpha value is -2.33. The Morgan fingerprint density at radius 2 is 1.54 bits per heavy atom. The highest BCUT2D eigenvalue weighted by molar-refractivity contribution is 5.65. The molecule has 3 rings (SSSR count). The van der Waals surface area contributed by atoms with Crippen LogP contribution in [0.4, 0.5) is 4.79 Å². The second-order valence-electron chi connectivity index (χ2n) is 7.18. The minimum Gasteiger partial charge on any atom is -0.465 e. The number of hydrogen-bond acceptors (Lipinski definition) is 2. The van der Waals surface area contributed by atoms with Crippen molar-refractivity contribution in [3.8, 4) is 11.1 Å². The molecule has 2 N–H and O–H groups in total. The molecule has 1 aliphatic heterocycles. The topological polar surface area (TPSA) is 60.8 Å². The van der Waals surface area contributed by atoms with Crippen LogP contribution < -0.4 is 0 Å². The molecule has 0 bridgehead atoms. The van der Waals surface area contributed by atoms with Crippen molar-refractivity contribution in [2.24, 2.45) is 0 Å². The molecule has 1 fully saturated rings. The van der Waals surface area contributed by atoms with Crippen LogP contribution in [0.15, 0.2) is 48.5 Å². The Kier molecular flexibility index (Phi) is 5.62.